The Morgan fingerprint density at radius 2 is 1.80 bits per heavy atom. The number of esters is 2. The summed E-state index contributed by atoms with van der Waals surface area (Å²) in [7, 11) is 1.49. The lowest BCUT2D eigenvalue weighted by Crippen LogP contribution is -2.99. The number of hydrogen-bond donors (Lipinski definition) is 3. The van der Waals surface area contributed by atoms with Crippen LogP contribution in [0.2, 0.25) is 0 Å². The fraction of sp³-hybridized carbons (Fsp3) is 0.429. The van der Waals surface area contributed by atoms with E-state index in [1.807, 2.05) is 0 Å². The first-order valence-corrected chi connectivity index (χ1v) is 9.56. The number of carbonyl (C=O) groups excluding carboxylic acids is 2. The largest absolute Gasteiger partial charge is 0.595 e. The van der Waals surface area contributed by atoms with E-state index in [1.165, 1.54) is 19.2 Å². The quantitative estimate of drug-likeness (QED) is 0.328. The number of hydrogen-bond acceptors (Lipinski definition) is 8. The molecule has 1 aromatic carbocycles. The first kappa shape index (κ1) is 23.6. The molecule has 9 heteroatoms. The minimum atomic E-state index is -1.11. The molecule has 1 aliphatic heterocycles. The van der Waals surface area contributed by atoms with Crippen LogP contribution in [0.3, 0.4) is 0 Å². The molecule has 0 aliphatic carbocycles. The molecule has 0 bridgehead atoms. The maximum Gasteiger partial charge on any atom is 0.337 e. The SMILES string of the molecule is COCCOC(=O)C1=C(C)NC(C)=C(C(=O)OC(C)C)[C@H]1c1cccc([NH+]([O-])O)c1. The summed E-state index contributed by atoms with van der Waals surface area (Å²) in [5, 5.41) is 22.8. The molecule has 9 nitrogen and oxygen atoms in total. The molecule has 2 atom stereocenters. The Bertz CT molecular complexity index is 859. The van der Waals surface area contributed by atoms with Gasteiger partial charge >= 0.3 is 11.9 Å². The smallest absolute Gasteiger partial charge is 0.337 e. The number of dihydropyridines is 1. The van der Waals surface area contributed by atoms with E-state index < -0.39 is 23.1 Å². The third-order valence-corrected chi connectivity index (χ3v) is 4.53. The highest BCUT2D eigenvalue weighted by Crippen LogP contribution is 2.39. The standard InChI is InChI=1S/C21H28N2O7/c1-12(2)30-21(25)18-14(4)22-13(3)17(20(24)29-10-9-28-5)19(18)15-7-6-8-16(11-15)23(26)27/h6-8,11-12,19,22-23,26H,9-10H2,1-5H3/t19-/m0/s1. The Kier molecular flexibility index (Phi) is 8.13. The summed E-state index contributed by atoms with van der Waals surface area (Å²) in [4.78, 5) is 25.8. The van der Waals surface area contributed by atoms with Crippen molar-refractivity contribution in [2.24, 2.45) is 0 Å². The van der Waals surface area contributed by atoms with Crippen LogP contribution < -0.4 is 10.5 Å². The van der Waals surface area contributed by atoms with Crippen molar-refractivity contribution in [1.29, 1.82) is 0 Å². The summed E-state index contributed by atoms with van der Waals surface area (Å²) in [5.74, 6) is -2.05. The number of benzene rings is 1. The van der Waals surface area contributed by atoms with E-state index in [0.717, 1.165) is 0 Å². The van der Waals surface area contributed by atoms with Crippen LogP contribution in [0.25, 0.3) is 0 Å². The highest BCUT2D eigenvalue weighted by molar-refractivity contribution is 6.00. The van der Waals surface area contributed by atoms with Gasteiger partial charge in [-0.2, -0.15) is 5.23 Å². The van der Waals surface area contributed by atoms with Crippen molar-refractivity contribution in [1.82, 2.24) is 5.32 Å². The van der Waals surface area contributed by atoms with Gasteiger partial charge in [-0.1, -0.05) is 12.1 Å². The lowest BCUT2D eigenvalue weighted by molar-refractivity contribution is -0.991. The topological polar surface area (TPSA) is 122 Å². The molecule has 0 amide bonds. The average molecular weight is 420 g/mol. The zero-order valence-corrected chi connectivity index (χ0v) is 17.8. The van der Waals surface area contributed by atoms with Crippen molar-refractivity contribution in [3.8, 4) is 0 Å². The summed E-state index contributed by atoms with van der Waals surface area (Å²) in [6.07, 6.45) is -0.368. The number of ether oxygens (including phenoxy) is 3. The van der Waals surface area contributed by atoms with Crippen LogP contribution >= 0.6 is 0 Å². The number of allylic oxidation sites excluding steroid dienone is 2. The Labute approximate surface area is 175 Å². The van der Waals surface area contributed by atoms with Gasteiger partial charge in [0, 0.05) is 30.6 Å². The fourth-order valence-electron chi connectivity index (χ4n) is 3.29. The summed E-state index contributed by atoms with van der Waals surface area (Å²) in [6.45, 7) is 7.14. The summed E-state index contributed by atoms with van der Waals surface area (Å²) in [5.41, 5.74) is 2.01. The van der Waals surface area contributed by atoms with Gasteiger partial charge in [-0.3, -0.25) is 0 Å². The lowest BCUT2D eigenvalue weighted by atomic mass is 9.80. The highest BCUT2D eigenvalue weighted by atomic mass is 16.8. The molecular formula is C21H28N2O7. The monoisotopic (exact) mass is 420 g/mol. The zero-order chi connectivity index (χ0) is 22.4. The van der Waals surface area contributed by atoms with Crippen LogP contribution in [0.1, 0.15) is 39.2 Å². The molecule has 30 heavy (non-hydrogen) atoms. The van der Waals surface area contributed by atoms with Gasteiger partial charge < -0.3 is 24.7 Å². The average Bonchev–Trinajstić information content (AvgIpc) is 2.66. The van der Waals surface area contributed by atoms with Crippen LogP contribution in [-0.2, 0) is 23.8 Å². The molecule has 0 fully saturated rings. The predicted molar refractivity (Wildman–Crippen MR) is 108 cm³/mol. The molecule has 0 saturated carbocycles. The van der Waals surface area contributed by atoms with Crippen molar-refractivity contribution in [3.63, 3.8) is 0 Å². The third kappa shape index (κ3) is 5.45. The van der Waals surface area contributed by atoms with Gasteiger partial charge in [-0.05, 0) is 33.3 Å². The minimum absolute atomic E-state index is 0.0441. The lowest BCUT2D eigenvalue weighted by Gasteiger charge is -2.31. The van der Waals surface area contributed by atoms with Crippen LogP contribution in [-0.4, -0.2) is 43.6 Å². The second kappa shape index (κ2) is 10.4. The fourth-order valence-corrected chi connectivity index (χ4v) is 3.29. The van der Waals surface area contributed by atoms with Crippen molar-refractivity contribution >= 4 is 17.6 Å². The summed E-state index contributed by atoms with van der Waals surface area (Å²) >= 11 is 0. The summed E-state index contributed by atoms with van der Waals surface area (Å²) < 4.78 is 15.6. The first-order valence-electron chi connectivity index (χ1n) is 9.56. The maximum absolute atomic E-state index is 12.9. The molecule has 1 heterocycles. The molecule has 1 aliphatic rings. The Morgan fingerprint density at radius 3 is 2.37 bits per heavy atom. The highest BCUT2D eigenvalue weighted by Gasteiger charge is 2.38. The van der Waals surface area contributed by atoms with E-state index >= 15 is 0 Å². The van der Waals surface area contributed by atoms with E-state index in [2.05, 4.69) is 5.32 Å². The Morgan fingerprint density at radius 1 is 1.17 bits per heavy atom. The van der Waals surface area contributed by atoms with Crippen molar-refractivity contribution in [2.45, 2.75) is 39.7 Å². The summed E-state index contributed by atoms with van der Waals surface area (Å²) in [6, 6.07) is 6.14. The van der Waals surface area contributed by atoms with Gasteiger partial charge in [0.25, 0.3) is 0 Å². The molecule has 3 N–H and O–H groups in total. The molecule has 0 aromatic heterocycles. The first-order chi connectivity index (χ1) is 14.2. The van der Waals surface area contributed by atoms with Gasteiger partial charge in [0.15, 0.2) is 5.69 Å². The van der Waals surface area contributed by atoms with Crippen LogP contribution in [0.5, 0.6) is 0 Å². The van der Waals surface area contributed by atoms with Crippen LogP contribution in [0.15, 0.2) is 46.8 Å². The van der Waals surface area contributed by atoms with Gasteiger partial charge in [0.2, 0.25) is 0 Å². The Hall–Kier alpha value is -2.72. The van der Waals surface area contributed by atoms with E-state index in [4.69, 9.17) is 14.2 Å². The van der Waals surface area contributed by atoms with Crippen LogP contribution in [0.4, 0.5) is 5.69 Å². The van der Waals surface area contributed by atoms with Crippen LogP contribution in [0, 0.1) is 5.21 Å². The molecule has 1 unspecified atom stereocenters. The van der Waals surface area contributed by atoms with Gasteiger partial charge in [-0.15, -0.1) is 0 Å². The number of quaternary nitrogens is 1. The second-order valence-electron chi connectivity index (χ2n) is 7.15. The van der Waals surface area contributed by atoms with E-state index in [0.29, 0.717) is 17.0 Å². The predicted octanol–water partition coefficient (Wildman–Crippen LogP) is 1.47. The number of methoxy groups -OCH3 is 1. The molecule has 2 rings (SSSR count). The third-order valence-electron chi connectivity index (χ3n) is 4.53. The van der Waals surface area contributed by atoms with Gasteiger partial charge in [-0.25, -0.2) is 14.8 Å². The van der Waals surface area contributed by atoms with Gasteiger partial charge in [0.05, 0.1) is 29.8 Å². The zero-order valence-electron chi connectivity index (χ0n) is 17.8. The Balaban J connectivity index is 2.59. The van der Waals surface area contributed by atoms with E-state index in [1.54, 1.807) is 39.8 Å². The van der Waals surface area contributed by atoms with Crippen molar-refractivity contribution < 1.29 is 34.2 Å². The number of rotatable bonds is 8. The molecule has 164 valence electrons. The molecule has 0 radical (unpaired) electrons. The van der Waals surface area contributed by atoms with E-state index in [9.17, 15) is 20.0 Å². The van der Waals surface area contributed by atoms with Crippen molar-refractivity contribution in [3.05, 3.63) is 57.6 Å². The second-order valence-corrected chi connectivity index (χ2v) is 7.15. The van der Waals surface area contributed by atoms with Gasteiger partial charge in [0.1, 0.15) is 6.61 Å². The molecule has 1 aromatic rings. The normalized spacial score (nSPS) is 17.7. The molecule has 0 spiro atoms. The molecular weight excluding hydrogens is 392 g/mol. The van der Waals surface area contributed by atoms with Crippen molar-refractivity contribution in [2.75, 3.05) is 20.3 Å². The number of nitrogens with one attached hydrogen (secondary N) is 2. The maximum atomic E-state index is 12.9. The minimum Gasteiger partial charge on any atom is -0.595 e. The number of carbonyl (C=O) groups is 2. The van der Waals surface area contributed by atoms with E-state index in [-0.39, 0.29) is 36.2 Å². The molecule has 0 saturated heterocycles.